The average Bonchev–Trinajstić information content (AvgIpc) is 2.77. The molecule has 1 atom stereocenters. The normalized spacial score (nSPS) is 14.7. The van der Waals surface area contributed by atoms with Gasteiger partial charge >= 0.3 is 5.97 Å². The van der Waals surface area contributed by atoms with Crippen LogP contribution in [0.4, 0.5) is 0 Å². The number of allylic oxidation sites excluding steroid dienone is 1. The van der Waals surface area contributed by atoms with E-state index >= 15 is 0 Å². The van der Waals surface area contributed by atoms with Crippen LogP contribution in [0.2, 0.25) is 5.02 Å². The van der Waals surface area contributed by atoms with Crippen molar-refractivity contribution in [2.45, 2.75) is 19.8 Å². The lowest BCUT2D eigenvalue weighted by Gasteiger charge is -2.26. The summed E-state index contributed by atoms with van der Waals surface area (Å²) in [5, 5.41) is 10.2. The van der Waals surface area contributed by atoms with E-state index in [9.17, 15) is 10.1 Å². The molecule has 1 aliphatic rings. The molecule has 7 heteroatoms. The van der Waals surface area contributed by atoms with Crippen LogP contribution in [0.15, 0.2) is 72.1 Å². The summed E-state index contributed by atoms with van der Waals surface area (Å²) in [5.41, 5.74) is 10.00. The van der Waals surface area contributed by atoms with Gasteiger partial charge in [-0.3, -0.25) is 0 Å². The summed E-state index contributed by atoms with van der Waals surface area (Å²) in [5.74, 6) is 0.324. The monoisotopic (exact) mass is 460 g/mol. The van der Waals surface area contributed by atoms with Gasteiger partial charge in [-0.2, -0.15) is 5.26 Å². The third-order valence-corrected chi connectivity index (χ3v) is 5.43. The van der Waals surface area contributed by atoms with Crippen molar-refractivity contribution >= 4 is 17.6 Å². The highest BCUT2D eigenvalue weighted by atomic mass is 35.5. The van der Waals surface area contributed by atoms with Crippen LogP contribution in [-0.2, 0) is 4.79 Å². The Morgan fingerprint density at radius 3 is 2.42 bits per heavy atom. The van der Waals surface area contributed by atoms with Crippen LogP contribution in [0.1, 0.15) is 28.2 Å². The van der Waals surface area contributed by atoms with Crippen LogP contribution in [0, 0.1) is 25.2 Å². The van der Waals surface area contributed by atoms with E-state index < -0.39 is 11.9 Å². The predicted molar refractivity (Wildman–Crippen MR) is 124 cm³/mol. The molecule has 1 unspecified atom stereocenters. The highest BCUT2D eigenvalue weighted by Gasteiger charge is 2.31. The number of nitriles is 1. The van der Waals surface area contributed by atoms with Gasteiger partial charge in [0, 0.05) is 16.7 Å². The molecule has 0 aliphatic carbocycles. The van der Waals surface area contributed by atoms with E-state index in [1.807, 2.05) is 44.2 Å². The quantitative estimate of drug-likeness (QED) is 0.417. The van der Waals surface area contributed by atoms with Gasteiger partial charge in [0.2, 0.25) is 5.88 Å². The van der Waals surface area contributed by atoms with Crippen molar-refractivity contribution in [3.05, 3.63) is 99.4 Å². The first-order chi connectivity index (χ1) is 15.8. The molecule has 6 nitrogen and oxygen atoms in total. The second kappa shape index (κ2) is 9.27. The van der Waals surface area contributed by atoms with E-state index in [0.717, 1.165) is 22.3 Å². The number of carbonyl (C=O) groups excluding carboxylic acids is 1. The van der Waals surface area contributed by atoms with Crippen LogP contribution < -0.4 is 19.9 Å². The summed E-state index contributed by atoms with van der Waals surface area (Å²) >= 11 is 6.01. The summed E-state index contributed by atoms with van der Waals surface area (Å²) in [6, 6.07) is 20.0. The fourth-order valence-electron chi connectivity index (χ4n) is 3.82. The number of esters is 1. The number of ether oxygens (including phenoxy) is 3. The van der Waals surface area contributed by atoms with Gasteiger partial charge in [-0.15, -0.1) is 0 Å². The van der Waals surface area contributed by atoms with E-state index in [1.54, 1.807) is 30.3 Å². The van der Waals surface area contributed by atoms with Crippen molar-refractivity contribution in [1.82, 2.24) is 0 Å². The highest BCUT2D eigenvalue weighted by Crippen LogP contribution is 2.43. The fourth-order valence-corrected chi connectivity index (χ4v) is 3.94. The van der Waals surface area contributed by atoms with E-state index in [1.165, 1.54) is 0 Å². The number of rotatable bonds is 5. The number of nitrogens with zero attached hydrogens (tertiary/aromatic N) is 1. The number of hydrogen-bond donors (Lipinski definition) is 1. The summed E-state index contributed by atoms with van der Waals surface area (Å²) in [4.78, 5) is 12.3. The van der Waals surface area contributed by atoms with Crippen molar-refractivity contribution in [1.29, 1.82) is 5.26 Å². The summed E-state index contributed by atoms with van der Waals surface area (Å²) in [7, 11) is 0. The first kappa shape index (κ1) is 22.3. The lowest BCUT2D eigenvalue weighted by Crippen LogP contribution is -2.21. The van der Waals surface area contributed by atoms with Crippen molar-refractivity contribution in [2.24, 2.45) is 5.73 Å². The molecule has 1 aliphatic heterocycles. The molecule has 0 fully saturated rings. The van der Waals surface area contributed by atoms with Crippen LogP contribution >= 0.6 is 11.6 Å². The molecule has 33 heavy (non-hydrogen) atoms. The van der Waals surface area contributed by atoms with E-state index in [-0.39, 0.29) is 18.2 Å². The largest absolute Gasteiger partial charge is 0.482 e. The van der Waals surface area contributed by atoms with Gasteiger partial charge in [-0.1, -0.05) is 35.9 Å². The van der Waals surface area contributed by atoms with Crippen LogP contribution in [0.5, 0.6) is 17.2 Å². The van der Waals surface area contributed by atoms with Crippen LogP contribution in [-0.4, -0.2) is 12.6 Å². The maximum absolute atomic E-state index is 12.3. The molecule has 0 saturated carbocycles. The summed E-state index contributed by atoms with van der Waals surface area (Å²) in [6.45, 7) is 3.68. The summed E-state index contributed by atoms with van der Waals surface area (Å²) < 4.78 is 16.7. The number of aryl methyl sites for hydroxylation is 2. The zero-order valence-electron chi connectivity index (χ0n) is 18.1. The van der Waals surface area contributed by atoms with Gasteiger partial charge in [0.15, 0.2) is 6.61 Å². The van der Waals surface area contributed by atoms with Crippen LogP contribution in [0.25, 0.3) is 0 Å². The van der Waals surface area contributed by atoms with Gasteiger partial charge in [-0.25, -0.2) is 4.79 Å². The molecule has 2 N–H and O–H groups in total. The Balaban J connectivity index is 1.53. The number of hydrogen-bond acceptors (Lipinski definition) is 6. The van der Waals surface area contributed by atoms with Crippen LogP contribution in [0.3, 0.4) is 0 Å². The Hall–Kier alpha value is -3.95. The van der Waals surface area contributed by atoms with Gasteiger partial charge < -0.3 is 19.9 Å². The highest BCUT2D eigenvalue weighted by molar-refractivity contribution is 6.30. The number of nitrogens with two attached hydrogens (primary N) is 1. The van der Waals surface area contributed by atoms with Gasteiger partial charge in [-0.05, 0) is 60.9 Å². The van der Waals surface area contributed by atoms with Crippen molar-refractivity contribution < 1.29 is 19.0 Å². The minimum absolute atomic E-state index is 0.00609. The van der Waals surface area contributed by atoms with E-state index in [4.69, 9.17) is 31.5 Å². The lowest BCUT2D eigenvalue weighted by atomic mass is 9.83. The molecular formula is C26H21ClN2O4. The summed E-state index contributed by atoms with van der Waals surface area (Å²) in [6.07, 6.45) is 0. The number of halogens is 1. The zero-order chi connectivity index (χ0) is 23.5. The molecule has 0 amide bonds. The zero-order valence-corrected chi connectivity index (χ0v) is 18.8. The molecule has 3 aromatic carbocycles. The Kier molecular flexibility index (Phi) is 6.25. The molecule has 166 valence electrons. The first-order valence-corrected chi connectivity index (χ1v) is 10.6. The maximum Gasteiger partial charge on any atom is 0.349 e. The molecular weight excluding hydrogens is 440 g/mol. The predicted octanol–water partition coefficient (Wildman–Crippen LogP) is 5.16. The second-order valence-corrected chi connectivity index (χ2v) is 8.20. The minimum Gasteiger partial charge on any atom is -0.482 e. The number of carbonyl (C=O) groups is 1. The molecule has 0 aromatic heterocycles. The smallest absolute Gasteiger partial charge is 0.349 e. The van der Waals surface area contributed by atoms with Gasteiger partial charge in [0.25, 0.3) is 0 Å². The third-order valence-electron chi connectivity index (χ3n) is 5.18. The van der Waals surface area contributed by atoms with E-state index in [0.29, 0.717) is 22.1 Å². The minimum atomic E-state index is -0.555. The number of fused-ring (bicyclic) bond motifs is 1. The van der Waals surface area contributed by atoms with Gasteiger partial charge in [0.1, 0.15) is 28.9 Å². The first-order valence-electron chi connectivity index (χ1n) is 10.2. The van der Waals surface area contributed by atoms with E-state index in [2.05, 4.69) is 6.07 Å². The molecule has 3 aromatic rings. The van der Waals surface area contributed by atoms with Crippen molar-refractivity contribution in [3.63, 3.8) is 0 Å². The Bertz CT molecular complexity index is 1270. The molecule has 0 radical (unpaired) electrons. The topological polar surface area (TPSA) is 94.6 Å². The molecule has 0 bridgehead atoms. The van der Waals surface area contributed by atoms with Crippen molar-refractivity contribution in [2.75, 3.05) is 6.61 Å². The molecule has 0 spiro atoms. The fraction of sp³-hybridized carbons (Fsp3) is 0.154. The average molecular weight is 461 g/mol. The Morgan fingerprint density at radius 1 is 1.06 bits per heavy atom. The molecule has 4 rings (SSSR count). The standard InChI is InChI=1S/C26H21ClN2O4/c1-15-9-16(2)11-20(10-15)31-14-24(30)32-19-7-8-21-23(12-19)33-26(29)22(13-28)25(21)17-3-5-18(27)6-4-17/h3-12,25H,14,29H2,1-2H3. The Labute approximate surface area is 196 Å². The van der Waals surface area contributed by atoms with Gasteiger partial charge in [0.05, 0.1) is 5.92 Å². The molecule has 0 saturated heterocycles. The number of benzene rings is 3. The second-order valence-electron chi connectivity index (χ2n) is 7.76. The molecule has 1 heterocycles. The Morgan fingerprint density at radius 2 is 1.76 bits per heavy atom. The maximum atomic E-state index is 12.3. The van der Waals surface area contributed by atoms with Crippen molar-refractivity contribution in [3.8, 4) is 23.3 Å². The lowest BCUT2D eigenvalue weighted by molar-refractivity contribution is -0.136. The SMILES string of the molecule is Cc1cc(C)cc(OCC(=O)Oc2ccc3c(c2)OC(N)=C(C#N)C3c2ccc(Cl)cc2)c1. The third kappa shape index (κ3) is 4.94.